The van der Waals surface area contributed by atoms with E-state index in [4.69, 9.17) is 4.74 Å². The van der Waals surface area contributed by atoms with Crippen LogP contribution in [0, 0.1) is 0 Å². The standard InChI is InChI=1S/C16H22N2O4S/c1-11(2)12-3-7-15(8-4-12)23(20,21)17-9-14-10-18(13-5-6-13)16(19)22-14/h3-4,7-8,11,13-14,17H,5-6,9-10H2,1-2H3. The molecule has 1 N–H and O–H groups in total. The van der Waals surface area contributed by atoms with Crippen molar-refractivity contribution in [3.8, 4) is 0 Å². The maximum absolute atomic E-state index is 12.3. The number of hydrogen-bond acceptors (Lipinski definition) is 4. The summed E-state index contributed by atoms with van der Waals surface area (Å²) in [5, 5.41) is 0. The Morgan fingerprint density at radius 3 is 2.48 bits per heavy atom. The van der Waals surface area contributed by atoms with Crippen LogP contribution < -0.4 is 4.72 Å². The molecule has 1 saturated carbocycles. The van der Waals surface area contributed by atoms with Gasteiger partial charge in [-0.05, 0) is 36.5 Å². The molecule has 0 radical (unpaired) electrons. The van der Waals surface area contributed by atoms with Crippen LogP contribution in [0.15, 0.2) is 29.2 Å². The quantitative estimate of drug-likeness (QED) is 0.861. The summed E-state index contributed by atoms with van der Waals surface area (Å²) in [6.45, 7) is 4.67. The van der Waals surface area contributed by atoms with E-state index in [1.807, 2.05) is 12.1 Å². The second kappa shape index (κ2) is 6.13. The summed E-state index contributed by atoms with van der Waals surface area (Å²) in [7, 11) is -3.59. The molecule has 1 saturated heterocycles. The number of amides is 1. The van der Waals surface area contributed by atoms with Gasteiger partial charge in [0, 0.05) is 12.6 Å². The van der Waals surface area contributed by atoms with Crippen LogP contribution in [0.1, 0.15) is 38.2 Å². The first-order valence-electron chi connectivity index (χ1n) is 7.93. The van der Waals surface area contributed by atoms with Crippen molar-refractivity contribution in [1.29, 1.82) is 0 Å². The topological polar surface area (TPSA) is 75.7 Å². The monoisotopic (exact) mass is 338 g/mol. The highest BCUT2D eigenvalue weighted by atomic mass is 32.2. The van der Waals surface area contributed by atoms with Crippen molar-refractivity contribution < 1.29 is 17.9 Å². The third-order valence-corrected chi connectivity index (χ3v) is 5.69. The molecule has 0 aromatic heterocycles. The van der Waals surface area contributed by atoms with E-state index in [0.717, 1.165) is 18.4 Å². The highest BCUT2D eigenvalue weighted by Gasteiger charge is 2.41. The highest BCUT2D eigenvalue weighted by molar-refractivity contribution is 7.89. The second-order valence-corrected chi connectivity index (χ2v) is 8.23. The number of benzene rings is 1. The van der Waals surface area contributed by atoms with E-state index in [-0.39, 0.29) is 23.6 Å². The van der Waals surface area contributed by atoms with Crippen molar-refractivity contribution in [3.63, 3.8) is 0 Å². The van der Waals surface area contributed by atoms with Crippen molar-refractivity contribution in [3.05, 3.63) is 29.8 Å². The van der Waals surface area contributed by atoms with Crippen LogP contribution in [0.25, 0.3) is 0 Å². The fourth-order valence-corrected chi connectivity index (χ4v) is 3.72. The SMILES string of the molecule is CC(C)c1ccc(S(=O)(=O)NCC2CN(C3CC3)C(=O)O2)cc1. The van der Waals surface area contributed by atoms with Gasteiger partial charge in [-0.25, -0.2) is 17.9 Å². The maximum atomic E-state index is 12.3. The van der Waals surface area contributed by atoms with Crippen LogP contribution >= 0.6 is 0 Å². The van der Waals surface area contributed by atoms with Crippen molar-refractivity contribution in [1.82, 2.24) is 9.62 Å². The molecule has 6 nitrogen and oxygen atoms in total. The molecule has 3 rings (SSSR count). The number of carbonyl (C=O) groups excluding carboxylic acids is 1. The molecule has 23 heavy (non-hydrogen) atoms. The fraction of sp³-hybridized carbons (Fsp3) is 0.562. The molecule has 2 fully saturated rings. The van der Waals surface area contributed by atoms with Crippen LogP contribution in [-0.2, 0) is 14.8 Å². The number of carbonyl (C=O) groups is 1. The lowest BCUT2D eigenvalue weighted by Crippen LogP contribution is -2.35. The lowest BCUT2D eigenvalue weighted by atomic mass is 10.0. The van der Waals surface area contributed by atoms with Crippen LogP contribution in [0.4, 0.5) is 4.79 Å². The first-order chi connectivity index (χ1) is 10.9. The van der Waals surface area contributed by atoms with Gasteiger partial charge in [0.25, 0.3) is 0 Å². The molecule has 7 heteroatoms. The second-order valence-electron chi connectivity index (χ2n) is 6.46. The summed E-state index contributed by atoms with van der Waals surface area (Å²) in [5.41, 5.74) is 1.09. The molecular weight excluding hydrogens is 316 g/mol. The lowest BCUT2D eigenvalue weighted by molar-refractivity contribution is 0.133. The maximum Gasteiger partial charge on any atom is 0.410 e. The third-order valence-electron chi connectivity index (χ3n) is 4.25. The molecule has 1 amide bonds. The van der Waals surface area contributed by atoms with Gasteiger partial charge < -0.3 is 9.64 Å². The summed E-state index contributed by atoms with van der Waals surface area (Å²) >= 11 is 0. The first-order valence-corrected chi connectivity index (χ1v) is 9.42. The van der Waals surface area contributed by atoms with Gasteiger partial charge in [-0.1, -0.05) is 26.0 Å². The predicted molar refractivity (Wildman–Crippen MR) is 85.7 cm³/mol. The Kier molecular flexibility index (Phi) is 4.33. The molecule has 1 aromatic rings. The van der Waals surface area contributed by atoms with Gasteiger partial charge in [0.2, 0.25) is 10.0 Å². The van der Waals surface area contributed by atoms with Gasteiger partial charge in [0.05, 0.1) is 11.4 Å². The van der Waals surface area contributed by atoms with Crippen molar-refractivity contribution in [2.45, 2.75) is 49.6 Å². The molecule has 1 aliphatic heterocycles. The Hall–Kier alpha value is -1.60. The van der Waals surface area contributed by atoms with Gasteiger partial charge in [-0.3, -0.25) is 0 Å². The minimum absolute atomic E-state index is 0.100. The largest absolute Gasteiger partial charge is 0.443 e. The van der Waals surface area contributed by atoms with Crippen LogP contribution in [-0.4, -0.2) is 44.6 Å². The minimum Gasteiger partial charge on any atom is -0.443 e. The zero-order valence-electron chi connectivity index (χ0n) is 13.4. The van der Waals surface area contributed by atoms with Crippen LogP contribution in [0.2, 0.25) is 0 Å². The first kappa shape index (κ1) is 16.3. The molecule has 1 aromatic carbocycles. The van der Waals surface area contributed by atoms with Gasteiger partial charge in [0.1, 0.15) is 6.10 Å². The summed E-state index contributed by atoms with van der Waals surface area (Å²) in [6, 6.07) is 7.14. The molecule has 2 aliphatic rings. The molecular formula is C16H22N2O4S. The summed E-state index contributed by atoms with van der Waals surface area (Å²) in [4.78, 5) is 13.6. The molecule has 1 atom stereocenters. The number of sulfonamides is 1. The fourth-order valence-electron chi connectivity index (χ4n) is 2.65. The number of nitrogens with one attached hydrogen (secondary N) is 1. The van der Waals surface area contributed by atoms with E-state index in [2.05, 4.69) is 18.6 Å². The zero-order chi connectivity index (χ0) is 16.6. The van der Waals surface area contributed by atoms with E-state index in [9.17, 15) is 13.2 Å². The average Bonchev–Trinajstić information content (AvgIpc) is 3.29. The van der Waals surface area contributed by atoms with Gasteiger partial charge in [-0.15, -0.1) is 0 Å². The molecule has 1 unspecified atom stereocenters. The van der Waals surface area contributed by atoms with Crippen LogP contribution in [0.5, 0.6) is 0 Å². The van der Waals surface area contributed by atoms with E-state index in [1.165, 1.54) is 0 Å². The zero-order valence-corrected chi connectivity index (χ0v) is 14.2. The Morgan fingerprint density at radius 2 is 1.91 bits per heavy atom. The summed E-state index contributed by atoms with van der Waals surface area (Å²) in [6.07, 6.45) is 1.26. The molecule has 1 aliphatic carbocycles. The highest BCUT2D eigenvalue weighted by Crippen LogP contribution is 2.30. The average molecular weight is 338 g/mol. The molecule has 0 spiro atoms. The summed E-state index contributed by atoms with van der Waals surface area (Å²) < 4.78 is 32.4. The predicted octanol–water partition coefficient (Wildman–Crippen LogP) is 2.07. The van der Waals surface area contributed by atoms with Gasteiger partial charge >= 0.3 is 6.09 Å². The van der Waals surface area contributed by atoms with Crippen molar-refractivity contribution in [2.75, 3.05) is 13.1 Å². The third kappa shape index (κ3) is 3.67. The van der Waals surface area contributed by atoms with Gasteiger partial charge in [0.15, 0.2) is 0 Å². The molecule has 0 bridgehead atoms. The Balaban J connectivity index is 1.59. The number of ether oxygens (including phenoxy) is 1. The van der Waals surface area contributed by atoms with E-state index in [0.29, 0.717) is 12.5 Å². The smallest absolute Gasteiger partial charge is 0.410 e. The number of nitrogens with zero attached hydrogens (tertiary/aromatic N) is 1. The minimum atomic E-state index is -3.59. The van der Waals surface area contributed by atoms with E-state index >= 15 is 0 Å². The Morgan fingerprint density at radius 1 is 1.26 bits per heavy atom. The van der Waals surface area contributed by atoms with E-state index in [1.54, 1.807) is 17.0 Å². The lowest BCUT2D eigenvalue weighted by Gasteiger charge is -2.12. The molecule has 126 valence electrons. The Labute approximate surface area is 136 Å². The Bertz CT molecular complexity index is 681. The number of rotatable bonds is 6. The van der Waals surface area contributed by atoms with E-state index < -0.39 is 16.1 Å². The van der Waals surface area contributed by atoms with Crippen molar-refractivity contribution >= 4 is 16.1 Å². The van der Waals surface area contributed by atoms with Crippen LogP contribution in [0.3, 0.4) is 0 Å². The number of hydrogen-bond donors (Lipinski definition) is 1. The summed E-state index contributed by atoms with van der Waals surface area (Å²) in [5.74, 6) is 0.353. The van der Waals surface area contributed by atoms with Gasteiger partial charge in [-0.2, -0.15) is 0 Å². The molecule has 1 heterocycles. The van der Waals surface area contributed by atoms with Crippen molar-refractivity contribution in [2.24, 2.45) is 0 Å². The normalized spacial score (nSPS) is 21.8. The number of cyclic esters (lactones) is 1.